The fourth-order valence-corrected chi connectivity index (χ4v) is 5.85. The van der Waals surface area contributed by atoms with Crippen LogP contribution in [-0.4, -0.2) is 25.2 Å². The fourth-order valence-electron chi connectivity index (χ4n) is 3.76. The monoisotopic (exact) mass is 504 g/mol. The zero-order valence-electron chi connectivity index (χ0n) is 18.9. The lowest BCUT2D eigenvalue weighted by Gasteiger charge is -2.24. The summed E-state index contributed by atoms with van der Waals surface area (Å²) >= 11 is 12.0. The van der Waals surface area contributed by atoms with E-state index in [9.17, 15) is 13.2 Å². The van der Waals surface area contributed by atoms with Crippen LogP contribution in [0, 0.1) is 27.7 Å². The first-order chi connectivity index (χ1) is 15.5. The first-order valence-corrected chi connectivity index (χ1v) is 12.6. The van der Waals surface area contributed by atoms with Gasteiger partial charge in [-0.05, 0) is 62.6 Å². The van der Waals surface area contributed by atoms with E-state index < -0.39 is 15.9 Å². The molecule has 0 aliphatic rings. The van der Waals surface area contributed by atoms with Gasteiger partial charge in [-0.25, -0.2) is 8.42 Å². The topological polar surface area (TPSA) is 66.5 Å². The molecule has 0 saturated carbocycles. The average molecular weight is 505 g/mol. The van der Waals surface area contributed by atoms with Crippen LogP contribution in [0.5, 0.6) is 0 Å². The second-order valence-corrected chi connectivity index (χ2v) is 10.9. The molecule has 1 amide bonds. The molecule has 5 nitrogen and oxygen atoms in total. The van der Waals surface area contributed by atoms with Crippen LogP contribution in [0.15, 0.2) is 59.5 Å². The molecule has 0 aliphatic heterocycles. The van der Waals surface area contributed by atoms with Gasteiger partial charge in [0.15, 0.2) is 0 Å². The molecule has 3 aromatic carbocycles. The molecule has 0 radical (unpaired) electrons. The summed E-state index contributed by atoms with van der Waals surface area (Å²) in [6.45, 7) is 7.12. The minimum absolute atomic E-state index is 0.0597. The molecule has 3 aromatic rings. The van der Waals surface area contributed by atoms with Gasteiger partial charge in [0.05, 0.1) is 21.5 Å². The van der Waals surface area contributed by atoms with Crippen molar-refractivity contribution in [2.75, 3.05) is 11.9 Å². The Labute approximate surface area is 205 Å². The van der Waals surface area contributed by atoms with E-state index in [4.69, 9.17) is 23.2 Å². The van der Waals surface area contributed by atoms with Crippen molar-refractivity contribution >= 4 is 44.8 Å². The van der Waals surface area contributed by atoms with Crippen LogP contribution in [0.1, 0.15) is 27.8 Å². The van der Waals surface area contributed by atoms with Crippen LogP contribution in [-0.2, 0) is 21.4 Å². The first-order valence-electron chi connectivity index (χ1n) is 10.4. The number of aryl methyl sites for hydroxylation is 4. The predicted octanol–water partition coefficient (Wildman–Crippen LogP) is 6.06. The van der Waals surface area contributed by atoms with E-state index in [0.717, 1.165) is 16.7 Å². The lowest BCUT2D eigenvalue weighted by Crippen LogP contribution is -2.38. The summed E-state index contributed by atoms with van der Waals surface area (Å²) in [4.78, 5) is 13.1. The molecule has 0 saturated heterocycles. The van der Waals surface area contributed by atoms with E-state index in [1.807, 2.05) is 50.2 Å². The van der Waals surface area contributed by atoms with Crippen LogP contribution in [0.3, 0.4) is 0 Å². The number of anilines is 1. The molecule has 0 heterocycles. The molecule has 33 heavy (non-hydrogen) atoms. The number of rotatable bonds is 7. The van der Waals surface area contributed by atoms with Crippen LogP contribution in [0.2, 0.25) is 10.0 Å². The van der Waals surface area contributed by atoms with E-state index in [-0.39, 0.29) is 18.0 Å². The summed E-state index contributed by atoms with van der Waals surface area (Å²) in [5.74, 6) is -0.480. The molecule has 0 spiro atoms. The second kappa shape index (κ2) is 10.3. The van der Waals surface area contributed by atoms with Crippen molar-refractivity contribution in [1.29, 1.82) is 0 Å². The smallest absolute Gasteiger partial charge is 0.244 e. The average Bonchev–Trinajstić information content (AvgIpc) is 2.71. The van der Waals surface area contributed by atoms with Crippen LogP contribution < -0.4 is 5.32 Å². The predicted molar refractivity (Wildman–Crippen MR) is 135 cm³/mol. The Morgan fingerprint density at radius 2 is 1.45 bits per heavy atom. The Morgan fingerprint density at radius 3 is 2.03 bits per heavy atom. The third kappa shape index (κ3) is 6.15. The van der Waals surface area contributed by atoms with Crippen molar-refractivity contribution in [2.45, 2.75) is 39.1 Å². The first kappa shape index (κ1) is 25.2. The summed E-state index contributed by atoms with van der Waals surface area (Å²) in [6.07, 6.45) is 0. The van der Waals surface area contributed by atoms with Gasteiger partial charge in [-0.3, -0.25) is 4.79 Å². The zero-order valence-corrected chi connectivity index (χ0v) is 21.3. The van der Waals surface area contributed by atoms with Gasteiger partial charge in [-0.2, -0.15) is 4.31 Å². The summed E-state index contributed by atoms with van der Waals surface area (Å²) < 4.78 is 28.7. The molecular weight excluding hydrogens is 479 g/mol. The molecule has 1 N–H and O–H groups in total. The van der Waals surface area contributed by atoms with Gasteiger partial charge < -0.3 is 5.32 Å². The van der Waals surface area contributed by atoms with Crippen molar-refractivity contribution in [3.63, 3.8) is 0 Å². The number of hydrogen-bond acceptors (Lipinski definition) is 3. The molecule has 0 atom stereocenters. The third-order valence-corrected chi connectivity index (χ3v) is 8.04. The maximum Gasteiger partial charge on any atom is 0.244 e. The zero-order chi connectivity index (χ0) is 24.3. The number of carbonyl (C=O) groups excluding carboxylic acids is 1. The highest BCUT2D eigenvalue weighted by molar-refractivity contribution is 7.89. The Balaban J connectivity index is 1.95. The van der Waals surface area contributed by atoms with E-state index in [1.165, 1.54) is 10.4 Å². The summed E-state index contributed by atoms with van der Waals surface area (Å²) in [6, 6.07) is 15.9. The normalized spacial score (nSPS) is 11.6. The van der Waals surface area contributed by atoms with Crippen molar-refractivity contribution in [3.8, 4) is 0 Å². The number of nitrogens with one attached hydrogen (secondary N) is 1. The number of amides is 1. The highest BCUT2D eigenvalue weighted by Gasteiger charge is 2.30. The number of nitrogens with zero attached hydrogens (tertiary/aromatic N) is 1. The fraction of sp³-hybridized carbons (Fsp3) is 0.240. The Morgan fingerprint density at radius 1 is 0.848 bits per heavy atom. The van der Waals surface area contributed by atoms with E-state index in [2.05, 4.69) is 5.32 Å². The van der Waals surface area contributed by atoms with Gasteiger partial charge >= 0.3 is 0 Å². The number of benzene rings is 3. The van der Waals surface area contributed by atoms with Crippen molar-refractivity contribution < 1.29 is 13.2 Å². The molecular formula is C25H26Cl2N2O3S. The van der Waals surface area contributed by atoms with E-state index >= 15 is 0 Å². The molecule has 8 heteroatoms. The molecule has 0 unspecified atom stereocenters. The SMILES string of the molecule is Cc1ccc(CN(CC(=O)Nc2ccc(Cl)c(Cl)c2)S(=O)(=O)c2c(C)cc(C)cc2C)cc1. The Hall–Kier alpha value is -2.38. The highest BCUT2D eigenvalue weighted by Crippen LogP contribution is 2.28. The molecule has 0 fully saturated rings. The summed E-state index contributed by atoms with van der Waals surface area (Å²) in [7, 11) is -3.96. The number of hydrogen-bond donors (Lipinski definition) is 1. The van der Waals surface area contributed by atoms with Gasteiger partial charge in [0, 0.05) is 12.2 Å². The highest BCUT2D eigenvalue weighted by atomic mass is 35.5. The minimum Gasteiger partial charge on any atom is -0.325 e. The molecule has 0 aliphatic carbocycles. The molecule has 3 rings (SSSR count). The van der Waals surface area contributed by atoms with Gasteiger partial charge in [-0.15, -0.1) is 0 Å². The lowest BCUT2D eigenvalue weighted by molar-refractivity contribution is -0.116. The van der Waals surface area contributed by atoms with Crippen LogP contribution >= 0.6 is 23.2 Å². The molecule has 174 valence electrons. The number of carbonyl (C=O) groups is 1. The van der Waals surface area contributed by atoms with Crippen molar-refractivity contribution in [1.82, 2.24) is 4.31 Å². The van der Waals surface area contributed by atoms with Gasteiger partial charge in [0.1, 0.15) is 0 Å². The number of sulfonamides is 1. The van der Waals surface area contributed by atoms with Gasteiger partial charge in [0.2, 0.25) is 15.9 Å². The van der Waals surface area contributed by atoms with Gasteiger partial charge in [0.25, 0.3) is 0 Å². The van der Waals surface area contributed by atoms with Crippen LogP contribution in [0.25, 0.3) is 0 Å². The lowest BCUT2D eigenvalue weighted by atomic mass is 10.1. The summed E-state index contributed by atoms with van der Waals surface area (Å²) in [5, 5.41) is 3.37. The van der Waals surface area contributed by atoms with Crippen LogP contribution in [0.4, 0.5) is 5.69 Å². The largest absolute Gasteiger partial charge is 0.325 e. The molecule has 0 bridgehead atoms. The minimum atomic E-state index is -3.96. The molecule has 0 aromatic heterocycles. The summed E-state index contributed by atoms with van der Waals surface area (Å²) in [5.41, 5.74) is 4.55. The van der Waals surface area contributed by atoms with Crippen molar-refractivity contribution in [3.05, 3.63) is 92.5 Å². The maximum absolute atomic E-state index is 13.8. The number of halogens is 2. The quantitative estimate of drug-likeness (QED) is 0.425. The maximum atomic E-state index is 13.8. The standard InChI is InChI=1S/C25H26Cl2N2O3S/c1-16-5-7-20(8-6-16)14-29(15-24(30)28-21-9-10-22(26)23(27)13-21)33(31,32)25-18(3)11-17(2)12-19(25)4/h5-13H,14-15H2,1-4H3,(H,28,30). The third-order valence-electron chi connectivity index (χ3n) is 5.21. The Bertz CT molecular complexity index is 1270. The second-order valence-electron chi connectivity index (χ2n) is 8.16. The van der Waals surface area contributed by atoms with E-state index in [0.29, 0.717) is 26.9 Å². The van der Waals surface area contributed by atoms with Gasteiger partial charge in [-0.1, -0.05) is 70.7 Å². The van der Waals surface area contributed by atoms with Crippen molar-refractivity contribution in [2.24, 2.45) is 0 Å². The van der Waals surface area contributed by atoms with E-state index in [1.54, 1.807) is 26.0 Å². The Kier molecular flexibility index (Phi) is 7.85.